The van der Waals surface area contributed by atoms with E-state index in [2.05, 4.69) is 17.4 Å². The highest BCUT2D eigenvalue weighted by atomic mass is 35.5. The maximum atomic E-state index is 13.1. The van der Waals surface area contributed by atoms with Crippen LogP contribution in [0.1, 0.15) is 24.1 Å². The second kappa shape index (κ2) is 11.1. The molecule has 1 heterocycles. The maximum Gasteiger partial charge on any atom is 0.256 e. The van der Waals surface area contributed by atoms with Crippen molar-refractivity contribution >= 4 is 29.1 Å². The molecule has 2 amide bonds. The molecule has 3 rings (SSSR count). The SMILES string of the molecule is C.Cc1ccc(Cl)cc1N(CC(=O)NCCN)CC(=O)N(C)N1Cc2ccccc2C1. The summed E-state index contributed by atoms with van der Waals surface area (Å²) in [6, 6.07) is 13.6. The average Bonchev–Trinajstić information content (AvgIpc) is 3.17. The van der Waals surface area contributed by atoms with E-state index in [1.165, 1.54) is 11.1 Å². The van der Waals surface area contributed by atoms with Gasteiger partial charge in [-0.2, -0.15) is 0 Å². The summed E-state index contributed by atoms with van der Waals surface area (Å²) in [6.07, 6.45) is 0. The van der Waals surface area contributed by atoms with E-state index >= 15 is 0 Å². The Bertz CT molecular complexity index is 896. The van der Waals surface area contributed by atoms with E-state index in [0.717, 1.165) is 11.3 Å². The quantitative estimate of drug-likeness (QED) is 0.652. The molecule has 7 nitrogen and oxygen atoms in total. The average molecular weight is 446 g/mol. The molecule has 2 aromatic rings. The third-order valence-corrected chi connectivity index (χ3v) is 5.48. The Labute approximate surface area is 189 Å². The number of carbonyl (C=O) groups excluding carboxylic acids is 2. The van der Waals surface area contributed by atoms with Gasteiger partial charge in [0.15, 0.2) is 0 Å². The lowest BCUT2D eigenvalue weighted by Crippen LogP contribution is -2.48. The van der Waals surface area contributed by atoms with Crippen LogP contribution >= 0.6 is 11.6 Å². The standard InChI is InChI=1S/C22H28ClN5O2.CH4/c1-16-7-8-19(23)11-20(16)27(14-21(29)25-10-9-24)15-22(30)26(2)28-12-17-5-3-4-6-18(17)13-28;/h3-8,11H,9-10,12-15,24H2,1-2H3,(H,25,29);1H4. The van der Waals surface area contributed by atoms with Gasteiger partial charge < -0.3 is 16.0 Å². The van der Waals surface area contributed by atoms with Crippen LogP contribution in [0.3, 0.4) is 0 Å². The molecule has 0 spiro atoms. The molecular weight excluding hydrogens is 414 g/mol. The fraction of sp³-hybridized carbons (Fsp3) is 0.391. The summed E-state index contributed by atoms with van der Waals surface area (Å²) in [4.78, 5) is 27.2. The summed E-state index contributed by atoms with van der Waals surface area (Å²) in [5.74, 6) is -0.294. The molecule has 2 aromatic carbocycles. The lowest BCUT2D eigenvalue weighted by molar-refractivity contribution is -0.145. The minimum atomic E-state index is -0.191. The minimum Gasteiger partial charge on any atom is -0.353 e. The summed E-state index contributed by atoms with van der Waals surface area (Å²) in [6.45, 7) is 4.15. The Hall–Kier alpha value is -2.61. The molecule has 0 aliphatic carbocycles. The zero-order valence-electron chi connectivity index (χ0n) is 17.4. The van der Waals surface area contributed by atoms with Crippen molar-refractivity contribution in [1.29, 1.82) is 0 Å². The highest BCUT2D eigenvalue weighted by Gasteiger charge is 2.27. The number of hydrogen-bond acceptors (Lipinski definition) is 5. The number of halogens is 1. The lowest BCUT2D eigenvalue weighted by atomic mass is 10.1. The molecule has 0 bridgehead atoms. The van der Waals surface area contributed by atoms with Crippen LogP contribution in [-0.2, 0) is 22.7 Å². The number of nitrogens with zero attached hydrogens (tertiary/aromatic N) is 3. The van der Waals surface area contributed by atoms with Crippen LogP contribution < -0.4 is 16.0 Å². The predicted molar refractivity (Wildman–Crippen MR) is 126 cm³/mol. The first kappa shape index (κ1) is 24.7. The van der Waals surface area contributed by atoms with Crippen LogP contribution in [0.5, 0.6) is 0 Å². The van der Waals surface area contributed by atoms with Crippen molar-refractivity contribution in [2.24, 2.45) is 5.73 Å². The molecule has 31 heavy (non-hydrogen) atoms. The van der Waals surface area contributed by atoms with E-state index in [1.807, 2.05) is 30.1 Å². The number of carbonyl (C=O) groups is 2. The Morgan fingerprint density at radius 2 is 1.77 bits per heavy atom. The lowest BCUT2D eigenvalue weighted by Gasteiger charge is -2.32. The summed E-state index contributed by atoms with van der Waals surface area (Å²) in [5.41, 5.74) is 9.62. The van der Waals surface area contributed by atoms with E-state index in [9.17, 15) is 9.59 Å². The molecule has 0 saturated heterocycles. The van der Waals surface area contributed by atoms with Crippen molar-refractivity contribution in [2.45, 2.75) is 27.4 Å². The van der Waals surface area contributed by atoms with Crippen LogP contribution in [0.4, 0.5) is 5.69 Å². The van der Waals surface area contributed by atoms with E-state index in [4.69, 9.17) is 17.3 Å². The number of hydrazine groups is 1. The van der Waals surface area contributed by atoms with Gasteiger partial charge in [0.05, 0.1) is 13.1 Å². The smallest absolute Gasteiger partial charge is 0.256 e. The largest absolute Gasteiger partial charge is 0.353 e. The van der Waals surface area contributed by atoms with E-state index in [0.29, 0.717) is 31.2 Å². The van der Waals surface area contributed by atoms with Gasteiger partial charge in [-0.3, -0.25) is 14.6 Å². The van der Waals surface area contributed by atoms with Crippen LogP contribution in [0, 0.1) is 6.92 Å². The van der Waals surface area contributed by atoms with Gasteiger partial charge in [0, 0.05) is 43.9 Å². The molecule has 1 aliphatic heterocycles. The topological polar surface area (TPSA) is 81.9 Å². The first-order valence-corrected chi connectivity index (χ1v) is 10.3. The molecule has 8 heteroatoms. The number of amides is 2. The van der Waals surface area contributed by atoms with Crippen molar-refractivity contribution in [3.05, 3.63) is 64.2 Å². The number of hydrogen-bond donors (Lipinski definition) is 2. The highest BCUT2D eigenvalue weighted by Crippen LogP contribution is 2.26. The first-order valence-electron chi connectivity index (χ1n) is 9.95. The molecule has 168 valence electrons. The first-order chi connectivity index (χ1) is 14.4. The molecule has 0 radical (unpaired) electrons. The van der Waals surface area contributed by atoms with Gasteiger partial charge in [-0.15, -0.1) is 0 Å². The molecule has 0 fully saturated rings. The monoisotopic (exact) mass is 445 g/mol. The maximum absolute atomic E-state index is 13.1. The zero-order chi connectivity index (χ0) is 21.7. The fourth-order valence-electron chi connectivity index (χ4n) is 3.54. The van der Waals surface area contributed by atoms with Crippen molar-refractivity contribution in [2.75, 3.05) is 38.1 Å². The molecule has 0 unspecified atom stereocenters. The molecule has 0 saturated carbocycles. The van der Waals surface area contributed by atoms with Crippen molar-refractivity contribution in [3.8, 4) is 0 Å². The number of rotatable bonds is 8. The fourth-order valence-corrected chi connectivity index (χ4v) is 3.71. The van der Waals surface area contributed by atoms with Crippen LogP contribution in [0.25, 0.3) is 0 Å². The predicted octanol–water partition coefficient (Wildman–Crippen LogP) is 2.56. The van der Waals surface area contributed by atoms with Gasteiger partial charge in [0.2, 0.25) is 5.91 Å². The third-order valence-electron chi connectivity index (χ3n) is 5.25. The van der Waals surface area contributed by atoms with Gasteiger partial charge >= 0.3 is 0 Å². The Balaban J connectivity index is 0.00000341. The number of benzene rings is 2. The summed E-state index contributed by atoms with van der Waals surface area (Å²) in [5, 5.41) is 6.96. The molecule has 3 N–H and O–H groups in total. The highest BCUT2D eigenvalue weighted by molar-refractivity contribution is 6.30. The van der Waals surface area contributed by atoms with Crippen molar-refractivity contribution in [1.82, 2.24) is 15.3 Å². The summed E-state index contributed by atoms with van der Waals surface area (Å²) in [7, 11) is 1.77. The van der Waals surface area contributed by atoms with Crippen LogP contribution in [0.15, 0.2) is 42.5 Å². The number of aryl methyl sites for hydroxylation is 1. The number of nitrogens with two attached hydrogens (primary N) is 1. The summed E-state index contributed by atoms with van der Waals surface area (Å²) < 4.78 is 0. The Morgan fingerprint density at radius 3 is 2.39 bits per heavy atom. The van der Waals surface area contributed by atoms with Gasteiger partial charge in [-0.05, 0) is 35.7 Å². The van der Waals surface area contributed by atoms with E-state index in [-0.39, 0.29) is 32.3 Å². The van der Waals surface area contributed by atoms with Gasteiger partial charge in [-0.1, -0.05) is 49.4 Å². The van der Waals surface area contributed by atoms with Gasteiger partial charge in [-0.25, -0.2) is 5.01 Å². The number of anilines is 1. The van der Waals surface area contributed by atoms with Crippen molar-refractivity contribution < 1.29 is 9.59 Å². The number of fused-ring (bicyclic) bond motifs is 1. The zero-order valence-corrected chi connectivity index (χ0v) is 18.2. The van der Waals surface area contributed by atoms with Gasteiger partial charge in [0.1, 0.15) is 0 Å². The van der Waals surface area contributed by atoms with Crippen molar-refractivity contribution in [3.63, 3.8) is 0 Å². The third kappa shape index (κ3) is 6.19. The second-order valence-electron chi connectivity index (χ2n) is 7.43. The second-order valence-corrected chi connectivity index (χ2v) is 7.87. The van der Waals surface area contributed by atoms with Crippen LogP contribution in [-0.4, -0.2) is 55.1 Å². The molecule has 0 aromatic heterocycles. The minimum absolute atomic E-state index is 0. The Morgan fingerprint density at radius 1 is 1.13 bits per heavy atom. The summed E-state index contributed by atoms with van der Waals surface area (Å²) >= 11 is 6.19. The molecule has 0 atom stereocenters. The molecule has 1 aliphatic rings. The van der Waals surface area contributed by atoms with Gasteiger partial charge in [0.25, 0.3) is 5.91 Å². The normalized spacial score (nSPS) is 12.6. The number of nitrogens with one attached hydrogen (secondary N) is 1. The molecular formula is C23H32ClN5O2. The van der Waals surface area contributed by atoms with E-state index < -0.39 is 0 Å². The van der Waals surface area contributed by atoms with E-state index in [1.54, 1.807) is 29.1 Å². The van der Waals surface area contributed by atoms with Crippen LogP contribution in [0.2, 0.25) is 5.02 Å². The Kier molecular flexibility index (Phi) is 8.86. The number of likely N-dealkylation sites (N-methyl/N-ethyl adjacent to an activating group) is 1.